The first-order valence-corrected chi connectivity index (χ1v) is 9.21. The maximum absolute atomic E-state index is 12.4. The molecule has 1 aliphatic heterocycles. The van der Waals surface area contributed by atoms with Gasteiger partial charge in [-0.15, -0.1) is 11.8 Å². The zero-order valence-corrected chi connectivity index (χ0v) is 15.2. The van der Waals surface area contributed by atoms with Crippen molar-refractivity contribution < 1.29 is 19.5 Å². The minimum Gasteiger partial charge on any atom is -0.480 e. The van der Waals surface area contributed by atoms with Crippen LogP contribution in [-0.2, 0) is 14.4 Å². The molecule has 132 valence electrons. The van der Waals surface area contributed by atoms with Gasteiger partial charge in [-0.3, -0.25) is 9.59 Å². The molecule has 1 saturated heterocycles. The van der Waals surface area contributed by atoms with Gasteiger partial charge in [-0.25, -0.2) is 4.79 Å². The number of aliphatic carboxylic acids is 1. The zero-order valence-electron chi connectivity index (χ0n) is 14.4. The van der Waals surface area contributed by atoms with Gasteiger partial charge in [-0.05, 0) is 11.8 Å². The van der Waals surface area contributed by atoms with Crippen LogP contribution in [0, 0.1) is 5.41 Å². The lowest BCUT2D eigenvalue weighted by Gasteiger charge is -2.27. The van der Waals surface area contributed by atoms with Gasteiger partial charge in [-0.1, -0.05) is 40.5 Å². The van der Waals surface area contributed by atoms with Crippen molar-refractivity contribution in [3.05, 3.63) is 0 Å². The van der Waals surface area contributed by atoms with Crippen LogP contribution in [0.5, 0.6) is 0 Å². The normalized spacial score (nSPS) is 19.5. The zero-order chi connectivity index (χ0) is 17.6. The van der Waals surface area contributed by atoms with Gasteiger partial charge >= 0.3 is 5.97 Å². The molecular formula is C16H28N2O4S. The number of nitrogens with zero attached hydrogens (tertiary/aromatic N) is 1. The van der Waals surface area contributed by atoms with E-state index in [0.29, 0.717) is 24.5 Å². The minimum atomic E-state index is -1.02. The van der Waals surface area contributed by atoms with Crippen LogP contribution in [0.15, 0.2) is 0 Å². The Morgan fingerprint density at radius 1 is 1.35 bits per heavy atom. The number of nitrogens with one attached hydrogen (secondary N) is 1. The van der Waals surface area contributed by atoms with Gasteiger partial charge in [0.2, 0.25) is 11.8 Å². The minimum absolute atomic E-state index is 0.0527. The Bertz CT molecular complexity index is 448. The van der Waals surface area contributed by atoms with Crippen LogP contribution in [0.2, 0.25) is 0 Å². The van der Waals surface area contributed by atoms with Crippen LogP contribution in [0.1, 0.15) is 53.4 Å². The van der Waals surface area contributed by atoms with Gasteiger partial charge in [0.05, 0.1) is 5.88 Å². The standard InChI is InChI=1S/C16H28N2O4S/c1-5-6-7-11(15(21)22)17-14(20)12-9-23-10-18(12)13(19)8-16(2,3)4/h11-12H,5-10H2,1-4H3,(H,17,20)(H,21,22)/t11-,12?/m0/s1. The molecule has 0 aromatic rings. The van der Waals surface area contributed by atoms with Crippen molar-refractivity contribution in [1.82, 2.24) is 10.2 Å². The van der Waals surface area contributed by atoms with Crippen molar-refractivity contribution in [3.63, 3.8) is 0 Å². The van der Waals surface area contributed by atoms with Gasteiger partial charge in [0.15, 0.2) is 0 Å². The van der Waals surface area contributed by atoms with Gasteiger partial charge in [-0.2, -0.15) is 0 Å². The first kappa shape index (κ1) is 19.8. The van der Waals surface area contributed by atoms with Gasteiger partial charge in [0.1, 0.15) is 12.1 Å². The van der Waals surface area contributed by atoms with Crippen LogP contribution >= 0.6 is 11.8 Å². The third-order valence-electron chi connectivity index (χ3n) is 3.65. The smallest absolute Gasteiger partial charge is 0.326 e. The van der Waals surface area contributed by atoms with Crippen molar-refractivity contribution in [2.75, 3.05) is 11.6 Å². The van der Waals surface area contributed by atoms with Crippen molar-refractivity contribution in [1.29, 1.82) is 0 Å². The fraction of sp³-hybridized carbons (Fsp3) is 0.812. The number of rotatable bonds is 7. The summed E-state index contributed by atoms with van der Waals surface area (Å²) in [6.45, 7) is 7.92. The molecule has 0 aromatic heterocycles. The predicted molar refractivity (Wildman–Crippen MR) is 91.1 cm³/mol. The van der Waals surface area contributed by atoms with Gasteiger partial charge in [0.25, 0.3) is 0 Å². The molecule has 1 heterocycles. The molecule has 0 spiro atoms. The summed E-state index contributed by atoms with van der Waals surface area (Å²) in [4.78, 5) is 37.6. The van der Waals surface area contributed by atoms with E-state index < -0.39 is 18.1 Å². The van der Waals surface area contributed by atoms with Crippen LogP contribution < -0.4 is 5.32 Å². The van der Waals surface area contributed by atoms with Gasteiger partial charge < -0.3 is 15.3 Å². The van der Waals surface area contributed by atoms with Crippen LogP contribution in [0.4, 0.5) is 0 Å². The van der Waals surface area contributed by atoms with E-state index in [2.05, 4.69) is 5.32 Å². The third kappa shape index (κ3) is 6.41. The lowest BCUT2D eigenvalue weighted by molar-refractivity contribution is -0.144. The highest BCUT2D eigenvalue weighted by Gasteiger charge is 2.37. The number of hydrogen-bond donors (Lipinski definition) is 2. The number of thioether (sulfide) groups is 1. The molecule has 2 amide bonds. The number of hydrogen-bond acceptors (Lipinski definition) is 4. The second-order valence-corrected chi connectivity index (χ2v) is 8.16. The van der Waals surface area contributed by atoms with E-state index in [9.17, 15) is 19.5 Å². The molecule has 0 bridgehead atoms. The summed E-state index contributed by atoms with van der Waals surface area (Å²) in [6.07, 6.45) is 2.39. The van der Waals surface area contributed by atoms with E-state index in [1.165, 1.54) is 11.8 Å². The molecule has 1 fully saturated rings. The second kappa shape index (κ2) is 8.57. The molecule has 6 nitrogen and oxygen atoms in total. The summed E-state index contributed by atoms with van der Waals surface area (Å²) in [6, 6.07) is -1.45. The maximum Gasteiger partial charge on any atom is 0.326 e. The third-order valence-corrected chi connectivity index (χ3v) is 4.66. The van der Waals surface area contributed by atoms with Crippen molar-refractivity contribution in [2.24, 2.45) is 5.41 Å². The van der Waals surface area contributed by atoms with E-state index in [0.717, 1.165) is 12.8 Å². The van der Waals surface area contributed by atoms with E-state index in [4.69, 9.17) is 0 Å². The monoisotopic (exact) mass is 344 g/mol. The summed E-state index contributed by atoms with van der Waals surface area (Å²) in [5, 5.41) is 11.8. The Labute approximate surface area is 142 Å². The number of carboxylic acid groups (broad SMARTS) is 1. The highest BCUT2D eigenvalue weighted by Crippen LogP contribution is 2.26. The Morgan fingerprint density at radius 2 is 2.00 bits per heavy atom. The number of carbonyl (C=O) groups excluding carboxylic acids is 2. The van der Waals surface area contributed by atoms with Crippen molar-refractivity contribution in [2.45, 2.75) is 65.5 Å². The lowest BCUT2D eigenvalue weighted by Crippen LogP contribution is -2.52. The molecular weight excluding hydrogens is 316 g/mol. The van der Waals surface area contributed by atoms with E-state index in [1.807, 2.05) is 27.7 Å². The number of unbranched alkanes of at least 4 members (excludes halogenated alkanes) is 1. The molecule has 1 aliphatic rings. The first-order valence-electron chi connectivity index (χ1n) is 8.06. The summed E-state index contributed by atoms with van der Waals surface area (Å²) in [7, 11) is 0. The number of amides is 2. The predicted octanol–water partition coefficient (Wildman–Crippen LogP) is 2.08. The van der Waals surface area contributed by atoms with Gasteiger partial charge in [0, 0.05) is 12.2 Å². The molecule has 0 aromatic carbocycles. The van der Waals surface area contributed by atoms with E-state index >= 15 is 0 Å². The summed E-state index contributed by atoms with van der Waals surface area (Å²) < 4.78 is 0. The fourth-order valence-electron chi connectivity index (χ4n) is 2.39. The van der Waals surface area contributed by atoms with E-state index in [-0.39, 0.29) is 17.2 Å². The maximum atomic E-state index is 12.4. The molecule has 0 aliphatic carbocycles. The largest absolute Gasteiger partial charge is 0.480 e. The molecule has 7 heteroatoms. The Morgan fingerprint density at radius 3 is 2.52 bits per heavy atom. The first-order chi connectivity index (χ1) is 10.7. The molecule has 2 atom stereocenters. The highest BCUT2D eigenvalue weighted by molar-refractivity contribution is 7.99. The lowest BCUT2D eigenvalue weighted by atomic mass is 9.91. The quantitative estimate of drug-likeness (QED) is 0.738. The molecule has 1 unspecified atom stereocenters. The average Bonchev–Trinajstić information content (AvgIpc) is 2.90. The summed E-state index contributed by atoms with van der Waals surface area (Å²) in [5.41, 5.74) is -0.143. The topological polar surface area (TPSA) is 86.7 Å². The molecule has 0 radical (unpaired) electrons. The molecule has 1 rings (SSSR count). The summed E-state index contributed by atoms with van der Waals surface area (Å²) >= 11 is 1.52. The van der Waals surface area contributed by atoms with Crippen molar-refractivity contribution in [3.8, 4) is 0 Å². The van der Waals surface area contributed by atoms with E-state index in [1.54, 1.807) is 4.90 Å². The van der Waals surface area contributed by atoms with Crippen LogP contribution in [-0.4, -0.2) is 51.5 Å². The molecule has 23 heavy (non-hydrogen) atoms. The highest BCUT2D eigenvalue weighted by atomic mass is 32.2. The Hall–Kier alpha value is -1.24. The Kier molecular flexibility index (Phi) is 7.38. The molecule has 0 saturated carbocycles. The number of carboxylic acids is 1. The number of carbonyl (C=O) groups is 3. The fourth-order valence-corrected chi connectivity index (χ4v) is 3.58. The second-order valence-electron chi connectivity index (χ2n) is 7.16. The van der Waals surface area contributed by atoms with Crippen molar-refractivity contribution >= 4 is 29.5 Å². The van der Waals surface area contributed by atoms with Crippen LogP contribution in [0.25, 0.3) is 0 Å². The SMILES string of the molecule is CCCC[C@H](NC(=O)C1CSCN1C(=O)CC(C)(C)C)C(=O)O. The van der Waals surface area contributed by atoms with Crippen LogP contribution in [0.3, 0.4) is 0 Å². The summed E-state index contributed by atoms with van der Waals surface area (Å²) in [5.74, 6) is -0.435. The Balaban J connectivity index is 2.69. The average molecular weight is 344 g/mol. The molecule has 2 N–H and O–H groups in total.